The predicted octanol–water partition coefficient (Wildman–Crippen LogP) is 14.7. The third-order valence-electron chi connectivity index (χ3n) is 12.7. The van der Waals surface area contributed by atoms with Gasteiger partial charge in [-0.3, -0.25) is 0 Å². The molecule has 2 nitrogen and oxygen atoms in total. The Morgan fingerprint density at radius 1 is 0.368 bits per heavy atom. The Morgan fingerprint density at radius 2 is 0.982 bits per heavy atom. The van der Waals surface area contributed by atoms with Gasteiger partial charge in [0.15, 0.2) is 0 Å². The molecule has 0 saturated carbocycles. The number of benzene rings is 9. The molecule has 0 aliphatic heterocycles. The minimum absolute atomic E-state index is 0.158. The molecule has 0 unspecified atom stereocenters. The Kier molecular flexibility index (Phi) is 6.72. The monoisotopic (exact) mass is 726 g/mol. The van der Waals surface area contributed by atoms with Gasteiger partial charge in [0.1, 0.15) is 0 Å². The lowest BCUT2D eigenvalue weighted by Crippen LogP contribution is -2.15. The molecular formula is C55H38N2. The first-order chi connectivity index (χ1) is 28.0. The van der Waals surface area contributed by atoms with Crippen LogP contribution in [0.1, 0.15) is 25.0 Å². The molecule has 268 valence electrons. The summed E-state index contributed by atoms with van der Waals surface area (Å²) in [6, 6.07) is 71.8. The van der Waals surface area contributed by atoms with Crippen LogP contribution in [0.4, 0.5) is 0 Å². The molecule has 2 heteroatoms. The summed E-state index contributed by atoms with van der Waals surface area (Å²) in [5, 5.41) is 7.63. The maximum absolute atomic E-state index is 2.49. The van der Waals surface area contributed by atoms with Gasteiger partial charge >= 0.3 is 0 Å². The van der Waals surface area contributed by atoms with Crippen molar-refractivity contribution in [3.63, 3.8) is 0 Å². The van der Waals surface area contributed by atoms with Crippen LogP contribution in [0.2, 0.25) is 0 Å². The third-order valence-corrected chi connectivity index (χ3v) is 12.7. The highest BCUT2D eigenvalue weighted by atomic mass is 15.0. The molecule has 0 radical (unpaired) electrons. The van der Waals surface area contributed by atoms with E-state index in [0.717, 1.165) is 0 Å². The van der Waals surface area contributed by atoms with E-state index in [9.17, 15) is 0 Å². The number of nitrogens with zero attached hydrogens (tertiary/aromatic N) is 2. The van der Waals surface area contributed by atoms with Gasteiger partial charge in [0, 0.05) is 38.0 Å². The fourth-order valence-electron chi connectivity index (χ4n) is 10.1. The molecule has 0 N–H and O–H groups in total. The highest BCUT2D eigenvalue weighted by molar-refractivity contribution is 6.16. The lowest BCUT2D eigenvalue weighted by molar-refractivity contribution is 0.666. The second-order valence-electron chi connectivity index (χ2n) is 16.1. The highest BCUT2D eigenvalue weighted by Crippen LogP contribution is 2.53. The van der Waals surface area contributed by atoms with Crippen molar-refractivity contribution in [1.29, 1.82) is 0 Å². The Hall–Kier alpha value is -7.16. The number of hydrogen-bond donors (Lipinski definition) is 0. The standard InChI is InChI=1S/C55H38N2/c1-55(2)47-23-10-8-21-42(47)44-28-31-52-53(54(44)55)46-34-39(27-30-51(46)56(52)40-19-12-18-37(32-40)35-14-4-3-5-15-35)38-26-29-50-45(33-38)43-22-9-11-24-49(43)57(50)48-25-13-17-36-16-6-7-20-41(36)48/h3-34H,1-2H3. The smallest absolute Gasteiger partial charge is 0.0544 e. The summed E-state index contributed by atoms with van der Waals surface area (Å²) < 4.78 is 4.93. The Bertz CT molecular complexity index is 3420. The van der Waals surface area contributed by atoms with Crippen LogP contribution in [-0.4, -0.2) is 9.13 Å². The van der Waals surface area contributed by atoms with Gasteiger partial charge in [-0.15, -0.1) is 0 Å². The second kappa shape index (κ2) is 11.9. The van der Waals surface area contributed by atoms with Gasteiger partial charge in [0.05, 0.1) is 27.8 Å². The van der Waals surface area contributed by atoms with E-state index in [-0.39, 0.29) is 5.41 Å². The number of aromatic nitrogens is 2. The van der Waals surface area contributed by atoms with Crippen LogP contribution in [0.15, 0.2) is 194 Å². The molecule has 12 rings (SSSR count). The Morgan fingerprint density at radius 3 is 1.84 bits per heavy atom. The van der Waals surface area contributed by atoms with E-state index in [1.165, 1.54) is 110 Å². The summed E-state index contributed by atoms with van der Waals surface area (Å²) in [6.45, 7) is 4.81. The third kappa shape index (κ3) is 4.59. The summed E-state index contributed by atoms with van der Waals surface area (Å²) in [6.07, 6.45) is 0. The fraction of sp³-hybridized carbons (Fsp3) is 0.0545. The van der Waals surface area contributed by atoms with Crippen molar-refractivity contribution in [2.75, 3.05) is 0 Å². The molecular weight excluding hydrogens is 689 g/mol. The fourth-order valence-corrected chi connectivity index (χ4v) is 10.1. The molecule has 2 aromatic heterocycles. The molecule has 0 bridgehead atoms. The average Bonchev–Trinajstić information content (AvgIpc) is 3.86. The summed E-state index contributed by atoms with van der Waals surface area (Å²) >= 11 is 0. The number of para-hydroxylation sites is 1. The minimum Gasteiger partial charge on any atom is -0.309 e. The van der Waals surface area contributed by atoms with Crippen LogP contribution >= 0.6 is 0 Å². The normalized spacial score (nSPS) is 13.2. The summed E-state index contributed by atoms with van der Waals surface area (Å²) in [5.41, 5.74) is 17.4. The van der Waals surface area contributed by atoms with E-state index in [0.29, 0.717) is 0 Å². The zero-order chi connectivity index (χ0) is 37.8. The maximum Gasteiger partial charge on any atom is 0.0544 e. The van der Waals surface area contributed by atoms with Gasteiger partial charge in [0.25, 0.3) is 0 Å². The van der Waals surface area contributed by atoms with Crippen LogP contribution in [0.25, 0.3) is 99.1 Å². The van der Waals surface area contributed by atoms with Gasteiger partial charge in [-0.05, 0) is 104 Å². The molecule has 0 fully saturated rings. The van der Waals surface area contributed by atoms with Crippen LogP contribution in [0, 0.1) is 0 Å². The topological polar surface area (TPSA) is 9.86 Å². The van der Waals surface area contributed by atoms with Crippen molar-refractivity contribution in [2.24, 2.45) is 0 Å². The Labute approximate surface area is 331 Å². The molecule has 0 atom stereocenters. The maximum atomic E-state index is 2.49. The van der Waals surface area contributed by atoms with Gasteiger partial charge in [-0.25, -0.2) is 0 Å². The zero-order valence-electron chi connectivity index (χ0n) is 31.9. The quantitative estimate of drug-likeness (QED) is 0.171. The molecule has 0 amide bonds. The first-order valence-electron chi connectivity index (χ1n) is 19.9. The summed E-state index contributed by atoms with van der Waals surface area (Å²) in [4.78, 5) is 0. The SMILES string of the molecule is CC1(C)c2ccccc2-c2ccc3c(c21)c1cc(-c2ccc4c(c2)c2ccccc2n4-c2cccc4ccccc24)ccc1n3-c1cccc(-c2ccccc2)c1. The largest absolute Gasteiger partial charge is 0.309 e. The van der Waals surface area contributed by atoms with Crippen molar-refractivity contribution in [1.82, 2.24) is 9.13 Å². The van der Waals surface area contributed by atoms with Crippen LogP contribution in [-0.2, 0) is 5.41 Å². The first kappa shape index (κ1) is 32.1. The molecule has 11 aromatic rings. The average molecular weight is 727 g/mol. The highest BCUT2D eigenvalue weighted by Gasteiger charge is 2.38. The van der Waals surface area contributed by atoms with Gasteiger partial charge in [-0.1, -0.05) is 153 Å². The lowest BCUT2D eigenvalue weighted by Gasteiger charge is -2.22. The molecule has 1 aliphatic rings. The van der Waals surface area contributed by atoms with Gasteiger partial charge in [-0.2, -0.15) is 0 Å². The summed E-state index contributed by atoms with van der Waals surface area (Å²) in [5.74, 6) is 0. The zero-order valence-corrected chi connectivity index (χ0v) is 31.9. The predicted molar refractivity (Wildman–Crippen MR) is 241 cm³/mol. The van der Waals surface area contributed by atoms with Crippen LogP contribution in [0.5, 0.6) is 0 Å². The molecule has 0 spiro atoms. The van der Waals surface area contributed by atoms with Crippen molar-refractivity contribution < 1.29 is 0 Å². The van der Waals surface area contributed by atoms with E-state index in [4.69, 9.17) is 0 Å². The summed E-state index contributed by atoms with van der Waals surface area (Å²) in [7, 11) is 0. The number of fused-ring (bicyclic) bond motifs is 11. The molecule has 2 heterocycles. The van der Waals surface area contributed by atoms with Crippen LogP contribution in [0.3, 0.4) is 0 Å². The van der Waals surface area contributed by atoms with Gasteiger partial charge in [0.2, 0.25) is 0 Å². The molecule has 1 aliphatic carbocycles. The number of hydrogen-bond acceptors (Lipinski definition) is 0. The van der Waals surface area contributed by atoms with E-state index < -0.39 is 0 Å². The second-order valence-corrected chi connectivity index (χ2v) is 16.1. The minimum atomic E-state index is -0.158. The van der Waals surface area contributed by atoms with Crippen LogP contribution < -0.4 is 0 Å². The van der Waals surface area contributed by atoms with Gasteiger partial charge < -0.3 is 9.13 Å². The van der Waals surface area contributed by atoms with E-state index >= 15 is 0 Å². The van der Waals surface area contributed by atoms with Crippen molar-refractivity contribution in [2.45, 2.75) is 19.3 Å². The molecule has 9 aromatic carbocycles. The number of rotatable bonds is 4. The van der Waals surface area contributed by atoms with E-state index in [1.807, 2.05) is 0 Å². The molecule has 0 saturated heterocycles. The first-order valence-corrected chi connectivity index (χ1v) is 19.9. The van der Waals surface area contributed by atoms with E-state index in [2.05, 4.69) is 217 Å². The van der Waals surface area contributed by atoms with E-state index in [1.54, 1.807) is 0 Å². The molecule has 57 heavy (non-hydrogen) atoms. The Balaban J connectivity index is 1.11. The lowest BCUT2D eigenvalue weighted by atomic mass is 9.80. The van der Waals surface area contributed by atoms with Crippen molar-refractivity contribution in [3.05, 3.63) is 205 Å². The van der Waals surface area contributed by atoms with Crippen molar-refractivity contribution >= 4 is 54.4 Å². The van der Waals surface area contributed by atoms with Crippen molar-refractivity contribution in [3.8, 4) is 44.8 Å².